The Hall–Kier alpha value is -2.21. The van der Waals surface area contributed by atoms with E-state index in [9.17, 15) is 4.79 Å². The fraction of sp³-hybridized carbons (Fsp3) is 0.231. The molecule has 1 amide bonds. The zero-order valence-corrected chi connectivity index (χ0v) is 11.7. The van der Waals surface area contributed by atoms with E-state index in [1.54, 1.807) is 24.5 Å². The first-order valence-electron chi connectivity index (χ1n) is 6.19. The van der Waals surface area contributed by atoms with Crippen LogP contribution in [0.4, 0.5) is 11.8 Å². The number of carbonyl (C=O) groups excluding carboxylic acids is 1. The number of carbonyl (C=O) groups is 1. The van der Waals surface area contributed by atoms with Crippen molar-refractivity contribution in [3.63, 3.8) is 0 Å². The van der Waals surface area contributed by atoms with Crippen LogP contribution in [0, 0.1) is 0 Å². The van der Waals surface area contributed by atoms with Crippen LogP contribution < -0.4 is 10.6 Å². The maximum absolute atomic E-state index is 12.1. The fourth-order valence-electron chi connectivity index (χ4n) is 1.51. The molecule has 0 aliphatic rings. The van der Waals surface area contributed by atoms with Crippen LogP contribution in [0.15, 0.2) is 30.6 Å². The molecular weight excluding hydrogens is 278 g/mol. The molecule has 0 atom stereocenters. The third-order valence-corrected chi connectivity index (χ3v) is 2.60. The molecular formula is C13H14ClN5O. The van der Waals surface area contributed by atoms with Gasteiger partial charge in [-0.15, -0.1) is 0 Å². The lowest BCUT2D eigenvalue weighted by molar-refractivity contribution is 0.102. The lowest BCUT2D eigenvalue weighted by Crippen LogP contribution is -2.15. The smallest absolute Gasteiger partial charge is 0.258 e. The summed E-state index contributed by atoms with van der Waals surface area (Å²) >= 11 is 5.91. The summed E-state index contributed by atoms with van der Waals surface area (Å²) in [7, 11) is 0. The second-order valence-corrected chi connectivity index (χ2v) is 4.40. The third kappa shape index (κ3) is 3.89. The minimum absolute atomic E-state index is 0.244. The summed E-state index contributed by atoms with van der Waals surface area (Å²) in [5.74, 6) is 0.479. The highest BCUT2D eigenvalue weighted by molar-refractivity contribution is 6.30. The molecule has 2 aromatic rings. The zero-order valence-electron chi connectivity index (χ0n) is 10.9. The van der Waals surface area contributed by atoms with Crippen molar-refractivity contribution in [3.8, 4) is 0 Å². The highest BCUT2D eigenvalue weighted by Gasteiger charge is 2.10. The topological polar surface area (TPSA) is 79.8 Å². The summed E-state index contributed by atoms with van der Waals surface area (Å²) < 4.78 is 0. The fourth-order valence-corrected chi connectivity index (χ4v) is 1.72. The summed E-state index contributed by atoms with van der Waals surface area (Å²) in [4.78, 5) is 24.1. The maximum Gasteiger partial charge on any atom is 0.258 e. The van der Waals surface area contributed by atoms with Gasteiger partial charge in [0.15, 0.2) is 0 Å². The van der Waals surface area contributed by atoms with Gasteiger partial charge in [0.1, 0.15) is 11.0 Å². The Kier molecular flexibility index (Phi) is 4.84. The van der Waals surface area contributed by atoms with E-state index in [1.165, 1.54) is 6.07 Å². The summed E-state index contributed by atoms with van der Waals surface area (Å²) in [6.45, 7) is 2.80. The van der Waals surface area contributed by atoms with Crippen molar-refractivity contribution < 1.29 is 4.79 Å². The first-order valence-corrected chi connectivity index (χ1v) is 6.56. The molecule has 0 bridgehead atoms. The van der Waals surface area contributed by atoms with Gasteiger partial charge in [-0.3, -0.25) is 10.1 Å². The second kappa shape index (κ2) is 6.81. The van der Waals surface area contributed by atoms with Gasteiger partial charge < -0.3 is 5.32 Å². The van der Waals surface area contributed by atoms with Gasteiger partial charge in [0.05, 0.1) is 0 Å². The van der Waals surface area contributed by atoms with E-state index in [0.29, 0.717) is 11.4 Å². The van der Waals surface area contributed by atoms with Gasteiger partial charge in [-0.25, -0.2) is 15.0 Å². The number of nitrogens with zero attached hydrogens (tertiary/aromatic N) is 3. The predicted octanol–water partition coefficient (Wildman–Crippen LogP) is 2.60. The molecule has 104 valence electrons. The van der Waals surface area contributed by atoms with Gasteiger partial charge in [-0.2, -0.15) is 0 Å². The Morgan fingerprint density at radius 1 is 1.30 bits per heavy atom. The van der Waals surface area contributed by atoms with Crippen molar-refractivity contribution in [2.24, 2.45) is 0 Å². The van der Waals surface area contributed by atoms with Gasteiger partial charge in [-0.05, 0) is 24.6 Å². The molecule has 2 aromatic heterocycles. The van der Waals surface area contributed by atoms with Crippen LogP contribution in [0.2, 0.25) is 5.15 Å². The monoisotopic (exact) mass is 291 g/mol. The molecule has 6 nitrogen and oxygen atoms in total. The summed E-state index contributed by atoms with van der Waals surface area (Å²) in [6.07, 6.45) is 4.06. The molecule has 0 unspecified atom stereocenters. The first kappa shape index (κ1) is 14.2. The van der Waals surface area contributed by atoms with Gasteiger partial charge in [-0.1, -0.05) is 18.5 Å². The average molecular weight is 292 g/mol. The maximum atomic E-state index is 12.1. The molecule has 7 heteroatoms. The molecule has 0 radical (unpaired) electrons. The number of rotatable bonds is 5. The van der Waals surface area contributed by atoms with E-state index < -0.39 is 0 Å². The number of anilines is 2. The quantitative estimate of drug-likeness (QED) is 0.828. The number of amides is 1. The van der Waals surface area contributed by atoms with E-state index in [0.717, 1.165) is 13.0 Å². The third-order valence-electron chi connectivity index (χ3n) is 2.40. The van der Waals surface area contributed by atoms with Gasteiger partial charge in [0, 0.05) is 24.5 Å². The van der Waals surface area contributed by atoms with E-state index in [2.05, 4.69) is 25.6 Å². The van der Waals surface area contributed by atoms with E-state index >= 15 is 0 Å². The number of pyridine rings is 1. The van der Waals surface area contributed by atoms with Crippen LogP contribution in [0.3, 0.4) is 0 Å². The van der Waals surface area contributed by atoms with Crippen molar-refractivity contribution >= 4 is 29.3 Å². The lowest BCUT2D eigenvalue weighted by atomic mass is 10.2. The number of halogens is 1. The highest BCUT2D eigenvalue weighted by atomic mass is 35.5. The predicted molar refractivity (Wildman–Crippen MR) is 78.0 cm³/mol. The van der Waals surface area contributed by atoms with E-state index in [1.807, 2.05) is 6.92 Å². The van der Waals surface area contributed by atoms with Crippen molar-refractivity contribution in [1.29, 1.82) is 0 Å². The molecule has 2 heterocycles. The second-order valence-electron chi connectivity index (χ2n) is 4.02. The highest BCUT2D eigenvalue weighted by Crippen LogP contribution is 2.15. The standard InChI is InChI=1S/C13H14ClN5O/c1-2-4-15-11-8-9(7-10(14)18-11)12(20)19-13-16-5-3-6-17-13/h3,5-8H,2,4H2,1H3,(H,15,18)(H,16,17,19,20). The number of aromatic nitrogens is 3. The molecule has 0 aromatic carbocycles. The number of hydrogen-bond acceptors (Lipinski definition) is 5. The SMILES string of the molecule is CCCNc1cc(C(=O)Nc2ncccn2)cc(Cl)n1. The summed E-state index contributed by atoms with van der Waals surface area (Å²) in [6, 6.07) is 4.81. The molecule has 0 saturated heterocycles. The van der Waals surface area contributed by atoms with Crippen LogP contribution in [0.25, 0.3) is 0 Å². The lowest BCUT2D eigenvalue weighted by Gasteiger charge is -2.07. The molecule has 2 N–H and O–H groups in total. The minimum atomic E-state index is -0.333. The van der Waals surface area contributed by atoms with Crippen molar-refractivity contribution in [3.05, 3.63) is 41.3 Å². The molecule has 0 fully saturated rings. The van der Waals surface area contributed by atoms with E-state index in [-0.39, 0.29) is 17.0 Å². The molecule has 0 aliphatic heterocycles. The van der Waals surface area contributed by atoms with Crippen molar-refractivity contribution in [1.82, 2.24) is 15.0 Å². The first-order chi connectivity index (χ1) is 9.69. The van der Waals surface area contributed by atoms with E-state index in [4.69, 9.17) is 11.6 Å². The Morgan fingerprint density at radius 2 is 2.05 bits per heavy atom. The molecule has 0 saturated carbocycles. The average Bonchev–Trinajstić information content (AvgIpc) is 2.45. The minimum Gasteiger partial charge on any atom is -0.370 e. The summed E-state index contributed by atoms with van der Waals surface area (Å²) in [5.41, 5.74) is 0.399. The number of hydrogen-bond donors (Lipinski definition) is 2. The number of nitrogens with one attached hydrogen (secondary N) is 2. The largest absolute Gasteiger partial charge is 0.370 e. The van der Waals surface area contributed by atoms with Crippen LogP contribution in [0.1, 0.15) is 23.7 Å². The summed E-state index contributed by atoms with van der Waals surface area (Å²) in [5, 5.41) is 5.94. The van der Waals surface area contributed by atoms with Crippen LogP contribution in [-0.4, -0.2) is 27.4 Å². The van der Waals surface area contributed by atoms with Crippen molar-refractivity contribution in [2.75, 3.05) is 17.2 Å². The van der Waals surface area contributed by atoms with Gasteiger partial charge in [0.2, 0.25) is 5.95 Å². The normalized spacial score (nSPS) is 10.1. The van der Waals surface area contributed by atoms with Crippen LogP contribution in [-0.2, 0) is 0 Å². The van der Waals surface area contributed by atoms with Gasteiger partial charge >= 0.3 is 0 Å². The zero-order chi connectivity index (χ0) is 14.4. The molecule has 0 spiro atoms. The van der Waals surface area contributed by atoms with Crippen molar-refractivity contribution in [2.45, 2.75) is 13.3 Å². The Balaban J connectivity index is 2.15. The molecule has 0 aliphatic carbocycles. The van der Waals surface area contributed by atoms with Crippen LogP contribution >= 0.6 is 11.6 Å². The Morgan fingerprint density at radius 3 is 2.75 bits per heavy atom. The Bertz CT molecular complexity index is 591. The van der Waals surface area contributed by atoms with Crippen LogP contribution in [0.5, 0.6) is 0 Å². The molecule has 2 rings (SSSR count). The van der Waals surface area contributed by atoms with Gasteiger partial charge in [0.25, 0.3) is 5.91 Å². The Labute approximate surface area is 121 Å². The molecule has 20 heavy (non-hydrogen) atoms.